The van der Waals surface area contributed by atoms with Crippen molar-refractivity contribution in [2.45, 2.75) is 18.9 Å². The molecule has 2 aromatic rings. The molecule has 1 aromatic heterocycles. The zero-order valence-corrected chi connectivity index (χ0v) is 11.8. The van der Waals surface area contributed by atoms with Crippen molar-refractivity contribution in [1.29, 1.82) is 5.26 Å². The number of thiophene rings is 1. The molecule has 1 amide bonds. The van der Waals surface area contributed by atoms with E-state index >= 15 is 0 Å². The van der Waals surface area contributed by atoms with E-state index in [2.05, 4.69) is 16.7 Å². The fraction of sp³-hybridized carbons (Fsp3) is 0.333. The topological polar surface area (TPSA) is 64.9 Å². The summed E-state index contributed by atoms with van der Waals surface area (Å²) in [6, 6.07) is 9.71. The highest BCUT2D eigenvalue weighted by Crippen LogP contribution is 2.26. The molecule has 0 saturated carbocycles. The van der Waals surface area contributed by atoms with E-state index in [9.17, 15) is 4.79 Å². The molecule has 1 atom stereocenters. The Labute approximate surface area is 121 Å². The largest absolute Gasteiger partial charge is 0.347 e. The zero-order valence-electron chi connectivity index (χ0n) is 11.0. The van der Waals surface area contributed by atoms with Crippen molar-refractivity contribution in [3.05, 3.63) is 34.7 Å². The minimum atomic E-state index is -0.0154. The zero-order chi connectivity index (χ0) is 13.9. The molecule has 1 aliphatic heterocycles. The van der Waals surface area contributed by atoms with Gasteiger partial charge < -0.3 is 10.6 Å². The number of benzene rings is 1. The lowest BCUT2D eigenvalue weighted by atomic mass is 10.1. The van der Waals surface area contributed by atoms with Gasteiger partial charge in [0, 0.05) is 17.3 Å². The minimum absolute atomic E-state index is 0.0154. The lowest BCUT2D eigenvalue weighted by Crippen LogP contribution is -2.45. The van der Waals surface area contributed by atoms with Gasteiger partial charge in [0.25, 0.3) is 5.91 Å². The van der Waals surface area contributed by atoms with Crippen LogP contribution in [-0.4, -0.2) is 25.0 Å². The summed E-state index contributed by atoms with van der Waals surface area (Å²) in [7, 11) is 0. The molecule has 0 aliphatic carbocycles. The number of carbonyl (C=O) groups excluding carboxylic acids is 1. The molecule has 4 nitrogen and oxygen atoms in total. The number of amides is 1. The van der Waals surface area contributed by atoms with Crippen molar-refractivity contribution >= 4 is 27.3 Å². The van der Waals surface area contributed by atoms with Gasteiger partial charge in [-0.25, -0.2) is 0 Å². The highest BCUT2D eigenvalue weighted by Gasteiger charge is 2.17. The third-order valence-electron chi connectivity index (χ3n) is 3.50. The number of hydrogen-bond donors (Lipinski definition) is 2. The number of rotatable bonds is 2. The second kappa shape index (κ2) is 5.61. The first-order valence-corrected chi connectivity index (χ1v) is 7.53. The van der Waals surface area contributed by atoms with E-state index in [1.807, 2.05) is 18.2 Å². The van der Waals surface area contributed by atoms with Crippen molar-refractivity contribution in [1.82, 2.24) is 10.6 Å². The maximum absolute atomic E-state index is 12.2. The van der Waals surface area contributed by atoms with Crippen LogP contribution in [0.2, 0.25) is 0 Å². The van der Waals surface area contributed by atoms with Gasteiger partial charge in [0.2, 0.25) is 0 Å². The van der Waals surface area contributed by atoms with Crippen LogP contribution in [0, 0.1) is 11.3 Å². The van der Waals surface area contributed by atoms with Crippen LogP contribution in [0.3, 0.4) is 0 Å². The average molecular weight is 285 g/mol. The SMILES string of the molecule is N#Cc1ccc2sc(C(=O)NC3CCCNC3)cc2c1. The molecule has 20 heavy (non-hydrogen) atoms. The summed E-state index contributed by atoms with van der Waals surface area (Å²) < 4.78 is 1.04. The number of nitrogens with zero attached hydrogens (tertiary/aromatic N) is 1. The second-order valence-electron chi connectivity index (χ2n) is 4.99. The van der Waals surface area contributed by atoms with E-state index in [4.69, 9.17) is 5.26 Å². The molecular weight excluding hydrogens is 270 g/mol. The molecule has 5 heteroatoms. The Kier molecular flexibility index (Phi) is 3.68. The van der Waals surface area contributed by atoms with Gasteiger partial charge in [-0.1, -0.05) is 0 Å². The van der Waals surface area contributed by atoms with Crippen molar-refractivity contribution in [3.8, 4) is 6.07 Å². The van der Waals surface area contributed by atoms with E-state index in [0.717, 1.165) is 36.0 Å². The average Bonchev–Trinajstić information content (AvgIpc) is 2.91. The molecule has 0 spiro atoms. The number of hydrogen-bond acceptors (Lipinski definition) is 4. The Morgan fingerprint density at radius 2 is 2.35 bits per heavy atom. The summed E-state index contributed by atoms with van der Waals surface area (Å²) in [6.45, 7) is 1.88. The summed E-state index contributed by atoms with van der Waals surface area (Å²) >= 11 is 1.47. The molecule has 3 rings (SSSR count). The monoisotopic (exact) mass is 285 g/mol. The minimum Gasteiger partial charge on any atom is -0.347 e. The Bertz CT molecular complexity index is 680. The van der Waals surface area contributed by atoms with Crippen molar-refractivity contribution < 1.29 is 4.79 Å². The lowest BCUT2D eigenvalue weighted by Gasteiger charge is -2.23. The van der Waals surface area contributed by atoms with Crippen molar-refractivity contribution in [2.75, 3.05) is 13.1 Å². The van der Waals surface area contributed by atoms with Crippen LogP contribution in [0.15, 0.2) is 24.3 Å². The quantitative estimate of drug-likeness (QED) is 0.889. The maximum atomic E-state index is 12.2. The molecule has 1 aliphatic rings. The fourth-order valence-corrected chi connectivity index (χ4v) is 3.40. The number of piperidine rings is 1. The van der Waals surface area contributed by atoms with Crippen molar-refractivity contribution in [2.24, 2.45) is 0 Å². The van der Waals surface area contributed by atoms with Crippen molar-refractivity contribution in [3.63, 3.8) is 0 Å². The van der Waals surface area contributed by atoms with Crippen LogP contribution in [0.4, 0.5) is 0 Å². The van der Waals surface area contributed by atoms with Gasteiger partial charge in [-0.15, -0.1) is 11.3 Å². The fourth-order valence-electron chi connectivity index (χ4n) is 2.46. The van der Waals surface area contributed by atoms with E-state index in [-0.39, 0.29) is 11.9 Å². The van der Waals surface area contributed by atoms with Crippen LogP contribution < -0.4 is 10.6 Å². The Balaban J connectivity index is 1.79. The first-order valence-electron chi connectivity index (χ1n) is 6.71. The van der Waals surface area contributed by atoms with E-state index in [1.54, 1.807) is 6.07 Å². The van der Waals surface area contributed by atoms with Gasteiger partial charge in [-0.05, 0) is 49.0 Å². The van der Waals surface area contributed by atoms with E-state index < -0.39 is 0 Å². The standard InChI is InChI=1S/C15H15N3OS/c16-8-10-3-4-13-11(6-10)7-14(20-13)15(19)18-12-2-1-5-17-9-12/h3-4,6-7,12,17H,1-2,5,9H2,(H,18,19). The van der Waals surface area contributed by atoms with Gasteiger partial charge in [0.1, 0.15) is 0 Å². The Morgan fingerprint density at radius 1 is 1.45 bits per heavy atom. The predicted octanol–water partition coefficient (Wildman–Crippen LogP) is 2.25. The molecule has 102 valence electrons. The summed E-state index contributed by atoms with van der Waals surface area (Å²) in [5.74, 6) is -0.0154. The molecule has 2 N–H and O–H groups in total. The number of carbonyl (C=O) groups is 1. The van der Waals surface area contributed by atoms with Gasteiger partial charge in [-0.2, -0.15) is 5.26 Å². The first-order chi connectivity index (χ1) is 9.76. The van der Waals surface area contributed by atoms with Crippen LogP contribution in [0.1, 0.15) is 28.1 Å². The Morgan fingerprint density at radius 3 is 3.10 bits per heavy atom. The van der Waals surface area contributed by atoms with Gasteiger partial charge >= 0.3 is 0 Å². The summed E-state index contributed by atoms with van der Waals surface area (Å²) in [4.78, 5) is 13.0. The third-order valence-corrected chi connectivity index (χ3v) is 4.62. The van der Waals surface area contributed by atoms with Gasteiger partial charge in [0.05, 0.1) is 16.5 Å². The predicted molar refractivity (Wildman–Crippen MR) is 79.9 cm³/mol. The molecule has 2 heterocycles. The number of nitrogens with one attached hydrogen (secondary N) is 2. The van der Waals surface area contributed by atoms with Crippen LogP contribution in [0.5, 0.6) is 0 Å². The van der Waals surface area contributed by atoms with E-state index in [1.165, 1.54) is 11.3 Å². The summed E-state index contributed by atoms with van der Waals surface area (Å²) in [5.41, 5.74) is 0.624. The van der Waals surface area contributed by atoms with Gasteiger partial charge in [-0.3, -0.25) is 4.79 Å². The molecule has 1 unspecified atom stereocenters. The number of fused-ring (bicyclic) bond motifs is 1. The molecule has 1 saturated heterocycles. The smallest absolute Gasteiger partial charge is 0.261 e. The van der Waals surface area contributed by atoms with Crippen LogP contribution >= 0.6 is 11.3 Å². The number of nitriles is 1. The Hall–Kier alpha value is -1.90. The van der Waals surface area contributed by atoms with Crippen LogP contribution in [0.25, 0.3) is 10.1 Å². The molecule has 1 fully saturated rings. The highest BCUT2D eigenvalue weighted by atomic mass is 32.1. The van der Waals surface area contributed by atoms with Gasteiger partial charge in [0.15, 0.2) is 0 Å². The van der Waals surface area contributed by atoms with E-state index in [0.29, 0.717) is 10.4 Å². The third kappa shape index (κ3) is 2.67. The normalized spacial score (nSPS) is 18.6. The maximum Gasteiger partial charge on any atom is 0.261 e. The van der Waals surface area contributed by atoms with Crippen LogP contribution in [-0.2, 0) is 0 Å². The second-order valence-corrected chi connectivity index (χ2v) is 6.08. The molecule has 0 radical (unpaired) electrons. The molecular formula is C15H15N3OS. The summed E-state index contributed by atoms with van der Waals surface area (Å²) in [6.07, 6.45) is 2.13. The summed E-state index contributed by atoms with van der Waals surface area (Å²) in [5, 5.41) is 16.2. The molecule has 1 aromatic carbocycles. The molecule has 0 bridgehead atoms. The first kappa shape index (κ1) is 13.1. The lowest BCUT2D eigenvalue weighted by molar-refractivity contribution is 0.0935. The highest BCUT2D eigenvalue weighted by molar-refractivity contribution is 7.20.